The number of nitrogens with zero attached hydrogens (tertiary/aromatic N) is 7. The third-order valence-electron chi connectivity index (χ3n) is 18.9. The van der Waals surface area contributed by atoms with Crippen LogP contribution in [-0.4, -0.2) is 176 Å². The second-order valence-corrected chi connectivity index (χ2v) is 26.8. The fourth-order valence-electron chi connectivity index (χ4n) is 13.1. The number of ether oxygens (including phenoxy) is 3. The van der Waals surface area contributed by atoms with Crippen LogP contribution in [0, 0.1) is 71.7 Å². The molecule has 0 radical (unpaired) electrons. The van der Waals surface area contributed by atoms with E-state index in [-0.39, 0.29) is 68.1 Å². The minimum Gasteiger partial charge on any atom is -0.497 e. The third kappa shape index (κ3) is 16.7. The second kappa shape index (κ2) is 31.8. The Hall–Kier alpha value is -15.6. The van der Waals surface area contributed by atoms with Crippen LogP contribution in [0.25, 0.3) is 0 Å². The third-order valence-corrected chi connectivity index (χ3v) is 18.9. The first-order valence-corrected chi connectivity index (χ1v) is 34.7. The summed E-state index contributed by atoms with van der Waals surface area (Å²) in [6.07, 6.45) is 6.17. The molecule has 0 saturated carbocycles. The monoisotopic (exact) mass is 1560 g/mol. The summed E-state index contributed by atoms with van der Waals surface area (Å²) < 4.78 is 55.8. The summed E-state index contributed by atoms with van der Waals surface area (Å²) in [5, 5.41) is 18.8. The number of anilines is 1. The number of nitrogen functional groups attached to an aromatic ring is 1. The quantitative estimate of drug-likeness (QED) is 0.0659. The molecule has 0 aliphatic carbocycles. The maximum Gasteiger partial charge on any atom is 0.323 e. The predicted octanol–water partition coefficient (Wildman–Crippen LogP) is 3.61. The number of fused-ring (bicyclic) bond motifs is 4. The molecule has 0 bridgehead atoms. The number of nitrogens with two attached hydrogens (primary N) is 1. The molecule has 11 heterocycles. The molecule has 4 fully saturated rings. The van der Waals surface area contributed by atoms with Gasteiger partial charge in [0.2, 0.25) is 22.2 Å². The molecule has 34 heteroatoms. The molecule has 8 aliphatic rings. The van der Waals surface area contributed by atoms with Gasteiger partial charge < -0.3 is 60.8 Å². The number of hydrogen-bond acceptors (Lipinski definition) is 19. The number of hydrogen-bond donors (Lipinski definition) is 9. The van der Waals surface area contributed by atoms with Crippen LogP contribution in [0.2, 0.25) is 0 Å². The predicted molar refractivity (Wildman–Crippen MR) is 398 cm³/mol. The molecule has 10 N–H and O–H groups in total. The van der Waals surface area contributed by atoms with Gasteiger partial charge in [0.1, 0.15) is 40.5 Å². The van der Waals surface area contributed by atoms with Gasteiger partial charge in [-0.2, -0.15) is 0 Å². The fourth-order valence-corrected chi connectivity index (χ4v) is 13.1. The largest absolute Gasteiger partial charge is 0.497 e. The highest BCUT2D eigenvalue weighted by Gasteiger charge is 2.52. The van der Waals surface area contributed by atoms with Crippen molar-refractivity contribution in [2.24, 2.45) is 0 Å². The number of aromatic nitrogens is 3. The second-order valence-electron chi connectivity index (χ2n) is 26.8. The van der Waals surface area contributed by atoms with E-state index in [0.717, 1.165) is 29.0 Å². The highest BCUT2D eigenvalue weighted by molar-refractivity contribution is 6.13. The minimum atomic E-state index is -1.76. The van der Waals surface area contributed by atoms with E-state index in [9.17, 15) is 70.7 Å². The molecule has 8 aromatic rings. The van der Waals surface area contributed by atoms with E-state index in [1.165, 1.54) is 71.5 Å². The maximum atomic E-state index is 13.4. The van der Waals surface area contributed by atoms with Crippen LogP contribution in [0.5, 0.6) is 17.2 Å². The molecule has 0 spiro atoms. The Balaban J connectivity index is 0.000000134. The number of amides is 16. The zero-order valence-electron chi connectivity index (χ0n) is 61.1. The number of imide groups is 4. The van der Waals surface area contributed by atoms with Crippen molar-refractivity contribution >= 4 is 77.2 Å². The Morgan fingerprint density at radius 2 is 0.765 bits per heavy atom. The maximum absolute atomic E-state index is 13.4. The van der Waals surface area contributed by atoms with Gasteiger partial charge in [0.25, 0.3) is 47.3 Å². The van der Waals surface area contributed by atoms with Crippen molar-refractivity contribution in [1.82, 2.24) is 77.1 Å². The van der Waals surface area contributed by atoms with Crippen molar-refractivity contribution in [3.8, 4) is 64.6 Å². The van der Waals surface area contributed by atoms with Gasteiger partial charge in [0.05, 0.1) is 47.5 Å². The summed E-state index contributed by atoms with van der Waals surface area (Å²) in [6.45, 7) is 2.28. The molecular weight excluding hydrogens is 1490 g/mol. The summed E-state index contributed by atoms with van der Waals surface area (Å²) in [5.41, 5.74) is 6.32. The Labute approximate surface area is 651 Å². The van der Waals surface area contributed by atoms with Crippen LogP contribution in [-0.2, 0) is 45.4 Å². The zero-order valence-corrected chi connectivity index (χ0v) is 61.1. The molecular formula is C81H63F3N16O15. The van der Waals surface area contributed by atoms with Gasteiger partial charge in [0.15, 0.2) is 0 Å². The van der Waals surface area contributed by atoms with E-state index in [4.69, 9.17) is 19.9 Å². The number of methoxy groups -OCH3 is 3. The minimum absolute atomic E-state index is 0.0124. The zero-order chi connectivity index (χ0) is 81.7. The van der Waals surface area contributed by atoms with Crippen LogP contribution in [0.15, 0.2) is 152 Å². The Bertz CT molecular complexity index is 5560. The van der Waals surface area contributed by atoms with Gasteiger partial charge >= 0.3 is 24.1 Å². The molecule has 4 atom stereocenters. The molecule has 3 aromatic heterocycles. The molecule has 16 amide bonds. The van der Waals surface area contributed by atoms with Crippen LogP contribution in [0.3, 0.4) is 0 Å². The van der Waals surface area contributed by atoms with Crippen molar-refractivity contribution < 1.29 is 84.9 Å². The molecule has 0 unspecified atom stereocenters. The van der Waals surface area contributed by atoms with E-state index in [1.807, 2.05) is 13.0 Å². The van der Waals surface area contributed by atoms with E-state index in [0.29, 0.717) is 86.7 Å². The fraction of sp³-hybridized carbons (Fsp3) is 0.198. The molecule has 5 aromatic carbocycles. The molecule has 16 rings (SSSR count). The van der Waals surface area contributed by atoms with Crippen molar-refractivity contribution in [1.29, 1.82) is 0 Å². The number of urea groups is 4. The summed E-state index contributed by atoms with van der Waals surface area (Å²) in [5.74, 6) is 18.2. The van der Waals surface area contributed by atoms with Crippen molar-refractivity contribution in [3.05, 3.63) is 242 Å². The molecule has 115 heavy (non-hydrogen) atoms. The number of carbonyl (C=O) groups is 12. The highest BCUT2D eigenvalue weighted by atomic mass is 19.1. The smallest absolute Gasteiger partial charge is 0.323 e. The topological polar surface area (TPSA) is 406 Å². The van der Waals surface area contributed by atoms with Crippen molar-refractivity contribution in [3.63, 3.8) is 0 Å². The number of carbonyl (C=O) groups excluding carboxylic acids is 12. The lowest BCUT2D eigenvalue weighted by molar-refractivity contribution is -0.123. The highest BCUT2D eigenvalue weighted by Crippen LogP contribution is 2.33. The Kier molecular flexibility index (Phi) is 21.4. The number of pyridine rings is 3. The van der Waals surface area contributed by atoms with Crippen molar-refractivity contribution in [2.45, 2.75) is 55.3 Å². The standard InChI is InChI=1S/C21H15F2N3O4.C21H18N4O4.C20H17N5O4.C19H13FN4O3/c1-30-16-2-3-17-13(8-16)10-26(18(17)27)11-21(19(28)24-20(29)25-21)5-4-12-6-14(22)9-15(23)7-12;1-13-3-4-14(10-22-13)7-8-21(19(27)23-20(28)24-21)12-25-11-15-5-6-16(29-2)9-17(15)18(25)26;1-29-14-4-3-13-10-25(17(26)15(13)8-14)11-20(18(27)23-19(28)24-20)7-6-12-2-5-16(21)22-9-12;20-14-4-3-13-10-24(16(25)15(13)8-14)11-19(17(26)22-18(27)23-19)6-5-12-2-1-7-21-9-12/h2-3,6-9H,10-11H2,1H3,(H2,24,25,28,29);3-6,9-10H,11-12H2,1-2H3,(H2,23,24,27,28);2-5,8-9H,10-11H2,1H3,(H2,21,22)(H2,23,24,27,28);1-4,7-9H,10-11H2,(H2,22,23,26,27)/t2*21-;20-;19-/m1111/s1. The summed E-state index contributed by atoms with van der Waals surface area (Å²) in [7, 11) is 4.56. The van der Waals surface area contributed by atoms with Gasteiger partial charge in [-0.05, 0) is 132 Å². The summed E-state index contributed by atoms with van der Waals surface area (Å²) >= 11 is 0. The number of rotatable bonds is 11. The van der Waals surface area contributed by atoms with Gasteiger partial charge in [0, 0.05) is 107 Å². The first-order chi connectivity index (χ1) is 55.1. The Morgan fingerprint density at radius 1 is 0.391 bits per heavy atom. The van der Waals surface area contributed by atoms with Gasteiger partial charge in [-0.25, -0.2) is 37.3 Å². The van der Waals surface area contributed by atoms with E-state index < -0.39 is 93.3 Å². The number of aryl methyl sites for hydroxylation is 1. The van der Waals surface area contributed by atoms with Crippen molar-refractivity contribution in [2.75, 3.05) is 53.2 Å². The van der Waals surface area contributed by atoms with E-state index >= 15 is 0 Å². The number of halogens is 3. The molecule has 8 aliphatic heterocycles. The molecule has 4 saturated heterocycles. The lowest BCUT2D eigenvalue weighted by Crippen LogP contribution is -2.54. The van der Waals surface area contributed by atoms with Gasteiger partial charge in [-0.15, -0.1) is 0 Å². The number of benzene rings is 5. The first-order valence-electron chi connectivity index (χ1n) is 34.7. The van der Waals surface area contributed by atoms with Gasteiger partial charge in [-0.3, -0.25) is 69.6 Å². The Morgan fingerprint density at radius 3 is 1.15 bits per heavy atom. The molecule has 578 valence electrons. The van der Waals surface area contributed by atoms with Crippen LogP contribution in [0.4, 0.5) is 38.2 Å². The first kappa shape index (κ1) is 77.6. The van der Waals surface area contributed by atoms with E-state index in [1.54, 1.807) is 97.3 Å². The number of nitrogens with one attached hydrogen (secondary N) is 8. The summed E-state index contributed by atoms with van der Waals surface area (Å²) in [4.78, 5) is 166. The summed E-state index contributed by atoms with van der Waals surface area (Å²) in [6, 6.07) is 29.6. The van der Waals surface area contributed by atoms with Gasteiger partial charge in [-0.1, -0.05) is 65.6 Å². The average Bonchev–Trinajstić information content (AvgIpc) is 1.64. The average molecular weight is 1560 g/mol. The molecule has 31 nitrogen and oxygen atoms in total. The normalized spacial score (nSPS) is 20.0. The van der Waals surface area contributed by atoms with Crippen LogP contribution in [0.1, 0.15) is 91.6 Å². The lowest BCUT2D eigenvalue weighted by Gasteiger charge is -2.26. The van der Waals surface area contributed by atoms with Crippen LogP contribution >= 0.6 is 0 Å². The van der Waals surface area contributed by atoms with Crippen LogP contribution < -0.4 is 62.5 Å². The lowest BCUT2D eigenvalue weighted by atomic mass is 9.99. The SMILES string of the molecule is COc1ccc2c(c1)C(=O)N(C[C@@]1(C#Cc3ccc(C)nc3)NC(=O)NC1=O)C2.COc1ccc2c(c1)C(=O)N(C[C@@]1(C#Cc3ccc(N)nc3)NC(=O)NC1=O)C2.COc1ccc2c(c1)CN(C[C@@]1(C#Cc3cc(F)cc(F)c3)NC(=O)NC1=O)C2=O.O=C1NC(=O)[C@@](C#Cc2cccnc2)(CN2Cc3ccc(F)cc3C2=O)N1. The van der Waals surface area contributed by atoms with E-state index in [2.05, 4.69) is 105 Å².